The molecule has 1 fully saturated rings. The van der Waals surface area contributed by atoms with Gasteiger partial charge in [0.15, 0.2) is 0 Å². The van der Waals surface area contributed by atoms with Crippen LogP contribution in [-0.2, 0) is 4.84 Å². The molecule has 2 atom stereocenters. The number of aliphatic hydroxyl groups excluding tert-OH is 1. The van der Waals surface area contributed by atoms with Gasteiger partial charge in [-0.05, 0) is 57.1 Å². The quantitative estimate of drug-likeness (QED) is 0.647. The number of hydrogen-bond donors (Lipinski definition) is 2. The molecule has 3 N–H and O–H groups in total. The second kappa shape index (κ2) is 6.58. The second-order valence-electron chi connectivity index (χ2n) is 6.41. The van der Waals surface area contributed by atoms with Crippen LogP contribution in [-0.4, -0.2) is 29.1 Å². The molecule has 0 bridgehead atoms. The van der Waals surface area contributed by atoms with E-state index in [9.17, 15) is 5.11 Å². The number of nitrogens with zero attached hydrogens (tertiary/aromatic N) is 1. The summed E-state index contributed by atoms with van der Waals surface area (Å²) in [6.07, 6.45) is 2.87. The van der Waals surface area contributed by atoms with E-state index in [1.54, 1.807) is 0 Å². The van der Waals surface area contributed by atoms with Crippen molar-refractivity contribution >= 4 is 5.71 Å². The van der Waals surface area contributed by atoms with Crippen LogP contribution in [0.2, 0.25) is 0 Å². The summed E-state index contributed by atoms with van der Waals surface area (Å²) in [6, 6.07) is 8.43. The fourth-order valence-corrected chi connectivity index (χ4v) is 2.82. The average Bonchev–Trinajstić information content (AvgIpc) is 2.88. The fourth-order valence-electron chi connectivity index (χ4n) is 2.82. The van der Waals surface area contributed by atoms with Crippen LogP contribution in [0.25, 0.3) is 0 Å². The molecule has 116 valence electrons. The SMILES string of the molecule is C/C(=N\OC(C)C)c1ccc([C@@H]2CC[C@](N)(CO)C2)cc1. The first-order chi connectivity index (χ1) is 9.93. The topological polar surface area (TPSA) is 67.8 Å². The molecule has 0 spiro atoms. The zero-order chi connectivity index (χ0) is 15.5. The monoisotopic (exact) mass is 290 g/mol. The summed E-state index contributed by atoms with van der Waals surface area (Å²) >= 11 is 0. The van der Waals surface area contributed by atoms with Gasteiger partial charge in [-0.1, -0.05) is 29.4 Å². The van der Waals surface area contributed by atoms with Crippen LogP contribution >= 0.6 is 0 Å². The minimum Gasteiger partial charge on any atom is -0.394 e. The van der Waals surface area contributed by atoms with E-state index < -0.39 is 5.54 Å². The maximum absolute atomic E-state index is 9.36. The zero-order valence-electron chi connectivity index (χ0n) is 13.2. The van der Waals surface area contributed by atoms with Gasteiger partial charge >= 0.3 is 0 Å². The molecule has 0 aromatic heterocycles. The van der Waals surface area contributed by atoms with Gasteiger partial charge in [-0.15, -0.1) is 0 Å². The maximum atomic E-state index is 9.36. The standard InChI is InChI=1S/C17H26N2O2/c1-12(2)21-19-13(3)14-4-6-15(7-5-14)16-8-9-17(18,10-16)11-20/h4-7,12,16,20H,8-11,18H2,1-3H3/b19-13+/t16-,17-/m1/s1. The Balaban J connectivity index is 2.04. The van der Waals surface area contributed by atoms with Crippen molar-refractivity contribution < 1.29 is 9.94 Å². The highest BCUT2D eigenvalue weighted by Gasteiger charge is 2.35. The Morgan fingerprint density at radius 3 is 2.62 bits per heavy atom. The summed E-state index contributed by atoms with van der Waals surface area (Å²) in [6.45, 7) is 5.93. The Labute approximate surface area is 127 Å². The van der Waals surface area contributed by atoms with Gasteiger partial charge in [0.1, 0.15) is 6.10 Å². The van der Waals surface area contributed by atoms with Crippen LogP contribution in [0.5, 0.6) is 0 Å². The molecular formula is C17H26N2O2. The van der Waals surface area contributed by atoms with Gasteiger partial charge < -0.3 is 15.7 Å². The highest BCUT2D eigenvalue weighted by atomic mass is 16.6. The first-order valence-electron chi connectivity index (χ1n) is 7.64. The minimum absolute atomic E-state index is 0.0693. The zero-order valence-corrected chi connectivity index (χ0v) is 13.2. The molecule has 0 aliphatic heterocycles. The van der Waals surface area contributed by atoms with E-state index >= 15 is 0 Å². The van der Waals surface area contributed by atoms with Crippen LogP contribution < -0.4 is 5.73 Å². The maximum Gasteiger partial charge on any atom is 0.122 e. The Kier molecular flexibility index (Phi) is 5.01. The molecule has 0 saturated heterocycles. The molecule has 21 heavy (non-hydrogen) atoms. The van der Waals surface area contributed by atoms with E-state index in [4.69, 9.17) is 10.6 Å². The molecule has 1 aliphatic rings. The Morgan fingerprint density at radius 1 is 1.43 bits per heavy atom. The summed E-state index contributed by atoms with van der Waals surface area (Å²) in [5.41, 5.74) is 8.99. The summed E-state index contributed by atoms with van der Waals surface area (Å²) in [5.74, 6) is 0.445. The van der Waals surface area contributed by atoms with Crippen molar-refractivity contribution in [2.45, 2.75) is 57.6 Å². The van der Waals surface area contributed by atoms with Crippen molar-refractivity contribution in [2.24, 2.45) is 10.9 Å². The molecule has 4 nitrogen and oxygen atoms in total. The van der Waals surface area contributed by atoms with Crippen molar-refractivity contribution in [3.8, 4) is 0 Å². The lowest BCUT2D eigenvalue weighted by Crippen LogP contribution is -2.40. The Morgan fingerprint density at radius 2 is 2.10 bits per heavy atom. The van der Waals surface area contributed by atoms with E-state index in [1.807, 2.05) is 20.8 Å². The molecule has 4 heteroatoms. The molecule has 1 aliphatic carbocycles. The van der Waals surface area contributed by atoms with Gasteiger partial charge in [-0.3, -0.25) is 0 Å². The molecule has 0 radical (unpaired) electrons. The normalized spacial score (nSPS) is 26.4. The first kappa shape index (κ1) is 16.0. The lowest BCUT2D eigenvalue weighted by molar-refractivity contribution is 0.0860. The van der Waals surface area contributed by atoms with Crippen molar-refractivity contribution in [3.63, 3.8) is 0 Å². The second-order valence-corrected chi connectivity index (χ2v) is 6.41. The number of oxime groups is 1. The number of nitrogens with two attached hydrogens (primary N) is 1. The first-order valence-corrected chi connectivity index (χ1v) is 7.64. The third-order valence-corrected chi connectivity index (χ3v) is 4.16. The predicted molar refractivity (Wildman–Crippen MR) is 85.5 cm³/mol. The molecule has 0 unspecified atom stereocenters. The van der Waals surface area contributed by atoms with Crippen LogP contribution in [0.4, 0.5) is 0 Å². The molecule has 1 aromatic rings. The highest BCUT2D eigenvalue weighted by molar-refractivity contribution is 5.98. The number of benzene rings is 1. The lowest BCUT2D eigenvalue weighted by atomic mass is 9.93. The summed E-state index contributed by atoms with van der Waals surface area (Å²) in [4.78, 5) is 5.27. The highest BCUT2D eigenvalue weighted by Crippen LogP contribution is 2.39. The summed E-state index contributed by atoms with van der Waals surface area (Å²) < 4.78 is 0. The van der Waals surface area contributed by atoms with E-state index in [-0.39, 0.29) is 12.7 Å². The van der Waals surface area contributed by atoms with Gasteiger partial charge in [0.25, 0.3) is 0 Å². The molecule has 1 aromatic carbocycles. The molecular weight excluding hydrogens is 264 g/mol. The van der Waals surface area contributed by atoms with Crippen LogP contribution in [0.1, 0.15) is 57.1 Å². The van der Waals surface area contributed by atoms with E-state index in [2.05, 4.69) is 29.4 Å². The van der Waals surface area contributed by atoms with Crippen LogP contribution in [0.15, 0.2) is 29.4 Å². The van der Waals surface area contributed by atoms with Crippen molar-refractivity contribution in [2.75, 3.05) is 6.61 Å². The third-order valence-electron chi connectivity index (χ3n) is 4.16. The number of aliphatic hydroxyl groups is 1. The van der Waals surface area contributed by atoms with Crippen molar-refractivity contribution in [1.82, 2.24) is 0 Å². The molecule has 2 rings (SSSR count). The van der Waals surface area contributed by atoms with E-state index in [0.29, 0.717) is 5.92 Å². The van der Waals surface area contributed by atoms with Crippen molar-refractivity contribution in [3.05, 3.63) is 35.4 Å². The van der Waals surface area contributed by atoms with Gasteiger partial charge in [0.2, 0.25) is 0 Å². The smallest absolute Gasteiger partial charge is 0.122 e. The van der Waals surface area contributed by atoms with Gasteiger partial charge in [0, 0.05) is 5.54 Å². The predicted octanol–water partition coefficient (Wildman–Crippen LogP) is 2.79. The molecule has 1 saturated carbocycles. The minimum atomic E-state index is -0.397. The largest absolute Gasteiger partial charge is 0.394 e. The van der Waals surface area contributed by atoms with E-state index in [0.717, 1.165) is 30.5 Å². The lowest BCUT2D eigenvalue weighted by Gasteiger charge is -2.20. The Hall–Kier alpha value is -1.39. The van der Waals surface area contributed by atoms with Crippen molar-refractivity contribution in [1.29, 1.82) is 0 Å². The molecule has 0 heterocycles. The fraction of sp³-hybridized carbons (Fsp3) is 0.588. The molecule has 0 amide bonds. The Bertz CT molecular complexity index is 496. The summed E-state index contributed by atoms with van der Waals surface area (Å²) in [7, 11) is 0. The van der Waals surface area contributed by atoms with Gasteiger partial charge in [-0.25, -0.2) is 0 Å². The van der Waals surface area contributed by atoms with Gasteiger partial charge in [0.05, 0.1) is 12.3 Å². The van der Waals surface area contributed by atoms with Gasteiger partial charge in [-0.2, -0.15) is 0 Å². The number of rotatable bonds is 5. The average molecular weight is 290 g/mol. The van der Waals surface area contributed by atoms with Crippen LogP contribution in [0.3, 0.4) is 0 Å². The van der Waals surface area contributed by atoms with E-state index in [1.165, 1.54) is 5.56 Å². The summed E-state index contributed by atoms with van der Waals surface area (Å²) in [5, 5.41) is 13.5. The number of hydrogen-bond acceptors (Lipinski definition) is 4. The third kappa shape index (κ3) is 4.05. The van der Waals surface area contributed by atoms with Crippen LogP contribution in [0, 0.1) is 0 Å².